The summed E-state index contributed by atoms with van der Waals surface area (Å²) < 4.78 is 19.4. The fourth-order valence-corrected chi connectivity index (χ4v) is 3.74. The molecule has 1 aliphatic heterocycles. The predicted octanol–water partition coefficient (Wildman–Crippen LogP) is 5.34. The Bertz CT molecular complexity index is 1350. The molecule has 0 aliphatic carbocycles. The fraction of sp³-hybridized carbons (Fsp3) is 0.115. The van der Waals surface area contributed by atoms with Gasteiger partial charge in [-0.1, -0.05) is 48.0 Å². The van der Waals surface area contributed by atoms with Crippen LogP contribution in [0.4, 0.5) is 14.9 Å². The molecule has 3 aromatic carbocycles. The summed E-state index contributed by atoms with van der Waals surface area (Å²) in [5.74, 6) is -1.60. The molecule has 3 aromatic rings. The fourth-order valence-electron chi connectivity index (χ4n) is 3.50. The van der Waals surface area contributed by atoms with Crippen molar-refractivity contribution in [2.45, 2.75) is 20.5 Å². The van der Waals surface area contributed by atoms with Crippen molar-refractivity contribution in [3.05, 3.63) is 99.3 Å². The minimum atomic E-state index is -0.809. The van der Waals surface area contributed by atoms with Gasteiger partial charge in [0.15, 0.2) is 0 Å². The van der Waals surface area contributed by atoms with E-state index in [-0.39, 0.29) is 23.0 Å². The Balaban J connectivity index is 1.60. The van der Waals surface area contributed by atoms with Crippen molar-refractivity contribution < 1.29 is 23.5 Å². The van der Waals surface area contributed by atoms with E-state index in [0.717, 1.165) is 10.5 Å². The van der Waals surface area contributed by atoms with E-state index in [0.29, 0.717) is 28.1 Å². The molecule has 0 radical (unpaired) electrons. The molecular weight excluding hydrogens is 459 g/mol. The maximum atomic E-state index is 13.8. The van der Waals surface area contributed by atoms with Crippen LogP contribution in [0.2, 0.25) is 5.02 Å². The molecule has 4 rings (SSSR count). The number of nitrogens with zero attached hydrogens (tertiary/aromatic N) is 1. The van der Waals surface area contributed by atoms with Crippen LogP contribution in [0.15, 0.2) is 66.2 Å². The summed E-state index contributed by atoms with van der Waals surface area (Å²) in [4.78, 5) is 39.0. The normalized spacial score (nSPS) is 15.0. The van der Waals surface area contributed by atoms with Crippen LogP contribution in [0, 0.1) is 19.7 Å². The summed E-state index contributed by atoms with van der Waals surface area (Å²) in [5, 5.41) is 2.43. The zero-order valence-corrected chi connectivity index (χ0v) is 19.2. The smallest absolute Gasteiger partial charge is 0.335 e. The number of carbonyl (C=O) groups excluding carboxylic acids is 3. The zero-order valence-electron chi connectivity index (χ0n) is 18.4. The third-order valence-corrected chi connectivity index (χ3v) is 5.61. The summed E-state index contributed by atoms with van der Waals surface area (Å²) in [6.45, 7) is 3.60. The highest BCUT2D eigenvalue weighted by atomic mass is 35.5. The Morgan fingerprint density at radius 2 is 1.79 bits per heavy atom. The second kappa shape index (κ2) is 9.49. The van der Waals surface area contributed by atoms with Crippen LogP contribution < -0.4 is 15.0 Å². The molecule has 1 saturated heterocycles. The highest BCUT2D eigenvalue weighted by molar-refractivity contribution is 6.39. The average molecular weight is 479 g/mol. The summed E-state index contributed by atoms with van der Waals surface area (Å²) in [5.41, 5.74) is 2.60. The molecular formula is C26H20ClFN2O4. The average Bonchev–Trinajstić information content (AvgIpc) is 2.79. The summed E-state index contributed by atoms with van der Waals surface area (Å²) in [6.07, 6.45) is 1.36. The molecule has 4 amide bonds. The Labute approximate surface area is 200 Å². The number of ether oxygens (including phenoxy) is 1. The number of barbiturate groups is 1. The van der Waals surface area contributed by atoms with Gasteiger partial charge in [0.2, 0.25) is 0 Å². The van der Waals surface area contributed by atoms with Crippen molar-refractivity contribution in [2.24, 2.45) is 0 Å². The van der Waals surface area contributed by atoms with Crippen molar-refractivity contribution in [1.29, 1.82) is 0 Å². The number of imide groups is 2. The van der Waals surface area contributed by atoms with Gasteiger partial charge < -0.3 is 4.74 Å². The van der Waals surface area contributed by atoms with E-state index in [1.807, 2.05) is 13.0 Å². The van der Waals surface area contributed by atoms with Gasteiger partial charge in [-0.05, 0) is 60.9 Å². The molecule has 0 spiro atoms. The lowest BCUT2D eigenvalue weighted by Gasteiger charge is -2.27. The van der Waals surface area contributed by atoms with E-state index >= 15 is 0 Å². The van der Waals surface area contributed by atoms with Crippen LogP contribution in [0.1, 0.15) is 22.3 Å². The molecule has 1 fully saturated rings. The van der Waals surface area contributed by atoms with E-state index in [4.69, 9.17) is 16.3 Å². The molecule has 0 unspecified atom stereocenters. The van der Waals surface area contributed by atoms with Crippen molar-refractivity contribution in [2.75, 3.05) is 4.90 Å². The van der Waals surface area contributed by atoms with Gasteiger partial charge in [0, 0.05) is 5.56 Å². The Hall–Kier alpha value is -3.97. The van der Waals surface area contributed by atoms with Crippen LogP contribution in [0.5, 0.6) is 5.75 Å². The van der Waals surface area contributed by atoms with Crippen LogP contribution in [-0.2, 0) is 16.2 Å². The van der Waals surface area contributed by atoms with Crippen molar-refractivity contribution in [1.82, 2.24) is 5.32 Å². The maximum absolute atomic E-state index is 13.8. The van der Waals surface area contributed by atoms with Crippen molar-refractivity contribution in [3.8, 4) is 5.75 Å². The summed E-state index contributed by atoms with van der Waals surface area (Å²) in [6, 6.07) is 15.5. The standard InChI is InChI=1S/C26H20ClFN2O4/c1-15-7-8-16(2)22(11-15)30-25(32)19(24(31)29-26(30)33)12-17-9-10-23(20(27)13-17)34-14-18-5-3-4-6-21(18)28/h3-13H,14H2,1-2H3,(H,29,31,33)/b19-12+. The highest BCUT2D eigenvalue weighted by Crippen LogP contribution is 2.29. The first kappa shape index (κ1) is 23.2. The molecule has 34 heavy (non-hydrogen) atoms. The second-order valence-corrected chi connectivity index (χ2v) is 8.22. The lowest BCUT2D eigenvalue weighted by Crippen LogP contribution is -2.54. The third-order valence-electron chi connectivity index (χ3n) is 5.32. The number of hydrogen-bond donors (Lipinski definition) is 1. The number of halogens is 2. The molecule has 172 valence electrons. The molecule has 8 heteroatoms. The van der Waals surface area contributed by atoms with Crippen molar-refractivity contribution >= 4 is 41.2 Å². The van der Waals surface area contributed by atoms with E-state index < -0.39 is 17.8 Å². The minimum absolute atomic E-state index is 0.0133. The SMILES string of the molecule is Cc1ccc(C)c(N2C(=O)NC(=O)/C(=C\c3ccc(OCc4ccccc4F)c(Cl)c3)C2=O)c1. The minimum Gasteiger partial charge on any atom is -0.487 e. The van der Waals surface area contributed by atoms with Gasteiger partial charge in [0.1, 0.15) is 23.7 Å². The number of nitrogens with one attached hydrogen (secondary N) is 1. The molecule has 0 bridgehead atoms. The van der Waals surface area contributed by atoms with E-state index in [1.165, 1.54) is 18.2 Å². The van der Waals surface area contributed by atoms with Gasteiger partial charge in [-0.15, -0.1) is 0 Å². The number of anilines is 1. The molecule has 1 aliphatic rings. The third kappa shape index (κ3) is 4.70. The second-order valence-electron chi connectivity index (χ2n) is 7.82. The van der Waals surface area contributed by atoms with Gasteiger partial charge >= 0.3 is 6.03 Å². The highest BCUT2D eigenvalue weighted by Gasteiger charge is 2.37. The van der Waals surface area contributed by atoms with Crippen LogP contribution >= 0.6 is 11.6 Å². The van der Waals surface area contributed by atoms with E-state index in [9.17, 15) is 18.8 Å². The first-order valence-corrected chi connectivity index (χ1v) is 10.8. The number of hydrogen-bond acceptors (Lipinski definition) is 4. The molecule has 1 N–H and O–H groups in total. The van der Waals surface area contributed by atoms with Crippen LogP contribution in [0.25, 0.3) is 6.08 Å². The molecule has 0 aromatic heterocycles. The van der Waals surface area contributed by atoms with E-state index in [2.05, 4.69) is 5.32 Å². The number of benzene rings is 3. The molecule has 0 saturated carbocycles. The quantitative estimate of drug-likeness (QED) is 0.396. The maximum Gasteiger partial charge on any atom is 0.335 e. The largest absolute Gasteiger partial charge is 0.487 e. The Morgan fingerprint density at radius 1 is 1.03 bits per heavy atom. The lowest BCUT2D eigenvalue weighted by molar-refractivity contribution is -0.122. The van der Waals surface area contributed by atoms with Gasteiger partial charge in [-0.3, -0.25) is 14.9 Å². The topological polar surface area (TPSA) is 75.7 Å². The van der Waals surface area contributed by atoms with Crippen molar-refractivity contribution in [3.63, 3.8) is 0 Å². The predicted molar refractivity (Wildman–Crippen MR) is 127 cm³/mol. The number of urea groups is 1. The zero-order chi connectivity index (χ0) is 24.4. The van der Waals surface area contributed by atoms with Gasteiger partial charge in [-0.25, -0.2) is 14.1 Å². The summed E-state index contributed by atoms with van der Waals surface area (Å²) in [7, 11) is 0. The number of amides is 4. The van der Waals surface area contributed by atoms with Gasteiger partial charge in [0.25, 0.3) is 11.8 Å². The summed E-state index contributed by atoms with van der Waals surface area (Å²) >= 11 is 6.31. The molecule has 0 atom stereocenters. The molecule has 6 nitrogen and oxygen atoms in total. The van der Waals surface area contributed by atoms with Crippen LogP contribution in [0.3, 0.4) is 0 Å². The van der Waals surface area contributed by atoms with Gasteiger partial charge in [-0.2, -0.15) is 0 Å². The monoisotopic (exact) mass is 478 g/mol. The number of aryl methyl sites for hydroxylation is 2. The van der Waals surface area contributed by atoms with E-state index in [1.54, 1.807) is 49.4 Å². The first-order chi connectivity index (χ1) is 16.2. The Morgan fingerprint density at radius 3 is 2.53 bits per heavy atom. The lowest BCUT2D eigenvalue weighted by atomic mass is 10.0. The van der Waals surface area contributed by atoms with Crippen LogP contribution in [-0.4, -0.2) is 17.8 Å². The number of carbonyl (C=O) groups is 3. The first-order valence-electron chi connectivity index (χ1n) is 10.4. The molecule has 1 heterocycles. The Kier molecular flexibility index (Phi) is 6.47. The number of rotatable bonds is 5. The van der Waals surface area contributed by atoms with Gasteiger partial charge in [0.05, 0.1) is 10.7 Å².